The van der Waals surface area contributed by atoms with Gasteiger partial charge in [0.2, 0.25) is 5.71 Å². The highest BCUT2D eigenvalue weighted by molar-refractivity contribution is 6.07. The highest BCUT2D eigenvalue weighted by Gasteiger charge is 2.11. The van der Waals surface area contributed by atoms with E-state index >= 15 is 0 Å². The molecule has 4 aromatic rings. The van der Waals surface area contributed by atoms with Crippen LogP contribution in [-0.2, 0) is 0 Å². The molecule has 0 radical (unpaired) electrons. The topological polar surface area (TPSA) is 47.3 Å². The van der Waals surface area contributed by atoms with Gasteiger partial charge in [0.05, 0.1) is 30.0 Å². The third-order valence-electron chi connectivity index (χ3n) is 3.67. The summed E-state index contributed by atoms with van der Waals surface area (Å²) in [6.07, 6.45) is 1.66. The van der Waals surface area contributed by atoms with E-state index in [1.165, 1.54) is 0 Å². The van der Waals surface area contributed by atoms with E-state index < -0.39 is 0 Å². The Morgan fingerprint density at radius 3 is 2.59 bits per heavy atom. The van der Waals surface area contributed by atoms with E-state index in [0.29, 0.717) is 5.71 Å². The van der Waals surface area contributed by atoms with E-state index in [2.05, 4.69) is 16.4 Å². The van der Waals surface area contributed by atoms with Crippen molar-refractivity contribution in [1.29, 1.82) is 0 Å². The molecule has 4 heteroatoms. The highest BCUT2D eigenvalue weighted by atomic mass is 16.5. The van der Waals surface area contributed by atoms with Crippen LogP contribution in [0.1, 0.15) is 0 Å². The Balaban J connectivity index is 1.88. The Hall–Kier alpha value is -3.01. The molecule has 0 bridgehead atoms. The van der Waals surface area contributed by atoms with E-state index in [4.69, 9.17) is 9.15 Å². The zero-order chi connectivity index (χ0) is 14.9. The predicted molar refractivity (Wildman–Crippen MR) is 87.8 cm³/mol. The van der Waals surface area contributed by atoms with Crippen molar-refractivity contribution in [2.75, 3.05) is 12.4 Å². The third kappa shape index (κ3) is 2.05. The summed E-state index contributed by atoms with van der Waals surface area (Å²) >= 11 is 0. The Morgan fingerprint density at radius 2 is 1.77 bits per heavy atom. The molecule has 4 nitrogen and oxygen atoms in total. The van der Waals surface area contributed by atoms with Crippen molar-refractivity contribution >= 4 is 33.4 Å². The molecule has 2 aromatic carbocycles. The fourth-order valence-corrected chi connectivity index (χ4v) is 2.57. The average Bonchev–Trinajstić information content (AvgIpc) is 3.03. The second-order valence-electron chi connectivity index (χ2n) is 5.00. The van der Waals surface area contributed by atoms with Crippen LogP contribution in [0.5, 0.6) is 5.75 Å². The summed E-state index contributed by atoms with van der Waals surface area (Å²) in [6.45, 7) is 0. The number of benzene rings is 2. The van der Waals surface area contributed by atoms with Crippen molar-refractivity contribution in [2.24, 2.45) is 0 Å². The largest absolute Gasteiger partial charge is 0.497 e. The lowest BCUT2D eigenvalue weighted by molar-refractivity contribution is 0.415. The van der Waals surface area contributed by atoms with Crippen molar-refractivity contribution in [3.8, 4) is 5.75 Å². The van der Waals surface area contributed by atoms with Crippen LogP contribution in [0.25, 0.3) is 22.0 Å². The Bertz CT molecular complexity index is 942. The number of aromatic nitrogens is 1. The van der Waals surface area contributed by atoms with Crippen LogP contribution in [0.3, 0.4) is 0 Å². The number of fused-ring (bicyclic) bond motifs is 2. The molecule has 0 spiro atoms. The standard InChI is InChI=1S/C18H14N2O2/c1-21-13-8-6-12(7-9-13)19-17-14-4-2-3-5-16(14)20-18-15(17)10-11-22-18/h2-11H,1H3,(H,19,20). The van der Waals surface area contributed by atoms with Crippen molar-refractivity contribution in [3.63, 3.8) is 0 Å². The molecule has 2 aromatic heterocycles. The van der Waals surface area contributed by atoms with Gasteiger partial charge in [-0.3, -0.25) is 0 Å². The number of hydrogen-bond donors (Lipinski definition) is 1. The molecule has 22 heavy (non-hydrogen) atoms. The van der Waals surface area contributed by atoms with Gasteiger partial charge in [0.1, 0.15) is 5.75 Å². The summed E-state index contributed by atoms with van der Waals surface area (Å²) in [6, 6.07) is 17.8. The van der Waals surface area contributed by atoms with E-state index in [-0.39, 0.29) is 0 Å². The lowest BCUT2D eigenvalue weighted by atomic mass is 10.1. The lowest BCUT2D eigenvalue weighted by Gasteiger charge is -2.11. The fraction of sp³-hybridized carbons (Fsp3) is 0.0556. The molecule has 108 valence electrons. The summed E-state index contributed by atoms with van der Waals surface area (Å²) in [5.74, 6) is 0.832. The van der Waals surface area contributed by atoms with Gasteiger partial charge in [-0.25, -0.2) is 4.98 Å². The number of para-hydroxylation sites is 1. The zero-order valence-corrected chi connectivity index (χ0v) is 12.0. The van der Waals surface area contributed by atoms with Gasteiger partial charge in [0.15, 0.2) is 0 Å². The van der Waals surface area contributed by atoms with Gasteiger partial charge in [0, 0.05) is 11.1 Å². The van der Waals surface area contributed by atoms with Gasteiger partial charge in [-0.15, -0.1) is 0 Å². The quantitative estimate of drug-likeness (QED) is 0.592. The molecule has 0 aliphatic rings. The van der Waals surface area contributed by atoms with E-state index in [1.807, 2.05) is 48.5 Å². The molecule has 0 amide bonds. The first kappa shape index (κ1) is 12.7. The Labute approximate surface area is 127 Å². The van der Waals surface area contributed by atoms with Crippen LogP contribution in [-0.4, -0.2) is 12.1 Å². The Morgan fingerprint density at radius 1 is 0.955 bits per heavy atom. The number of hydrogen-bond acceptors (Lipinski definition) is 4. The molecule has 0 aliphatic carbocycles. The maximum absolute atomic E-state index is 5.47. The van der Waals surface area contributed by atoms with Gasteiger partial charge >= 0.3 is 0 Å². The zero-order valence-electron chi connectivity index (χ0n) is 12.0. The molecule has 0 unspecified atom stereocenters. The van der Waals surface area contributed by atoms with Gasteiger partial charge in [-0.05, 0) is 36.4 Å². The van der Waals surface area contributed by atoms with Crippen LogP contribution in [0.2, 0.25) is 0 Å². The molecular weight excluding hydrogens is 276 g/mol. The van der Waals surface area contributed by atoms with Crippen LogP contribution < -0.4 is 10.1 Å². The average molecular weight is 290 g/mol. The van der Waals surface area contributed by atoms with Crippen molar-refractivity contribution in [1.82, 2.24) is 4.98 Å². The number of furan rings is 1. The van der Waals surface area contributed by atoms with Gasteiger partial charge in [0.25, 0.3) is 0 Å². The van der Waals surface area contributed by atoms with Crippen LogP contribution in [0.4, 0.5) is 11.4 Å². The minimum Gasteiger partial charge on any atom is -0.497 e. The van der Waals surface area contributed by atoms with Crippen molar-refractivity contribution < 1.29 is 9.15 Å². The number of rotatable bonds is 3. The molecule has 4 rings (SSSR count). The van der Waals surface area contributed by atoms with E-state index in [0.717, 1.165) is 33.4 Å². The minimum atomic E-state index is 0.634. The first-order valence-electron chi connectivity index (χ1n) is 7.02. The molecule has 0 fully saturated rings. The van der Waals surface area contributed by atoms with Gasteiger partial charge in [-0.1, -0.05) is 18.2 Å². The van der Waals surface area contributed by atoms with E-state index in [1.54, 1.807) is 13.4 Å². The number of pyridine rings is 1. The number of nitrogens with one attached hydrogen (secondary N) is 1. The summed E-state index contributed by atoms with van der Waals surface area (Å²) in [5, 5.41) is 5.50. The first-order chi connectivity index (χ1) is 10.8. The normalized spacial score (nSPS) is 11.0. The summed E-state index contributed by atoms with van der Waals surface area (Å²) in [5.41, 5.74) is 3.52. The second kappa shape index (κ2) is 5.07. The number of nitrogens with zero attached hydrogens (tertiary/aromatic N) is 1. The molecule has 0 saturated heterocycles. The van der Waals surface area contributed by atoms with Gasteiger partial charge in [-0.2, -0.15) is 0 Å². The third-order valence-corrected chi connectivity index (χ3v) is 3.67. The number of ether oxygens (including phenoxy) is 1. The van der Waals surface area contributed by atoms with Gasteiger partial charge < -0.3 is 14.5 Å². The number of methoxy groups -OCH3 is 1. The molecule has 0 saturated carbocycles. The maximum Gasteiger partial charge on any atom is 0.228 e. The van der Waals surface area contributed by atoms with E-state index in [9.17, 15) is 0 Å². The summed E-state index contributed by atoms with van der Waals surface area (Å²) in [4.78, 5) is 4.54. The smallest absolute Gasteiger partial charge is 0.228 e. The minimum absolute atomic E-state index is 0.634. The van der Waals surface area contributed by atoms with Crippen molar-refractivity contribution in [3.05, 3.63) is 60.9 Å². The monoisotopic (exact) mass is 290 g/mol. The fourth-order valence-electron chi connectivity index (χ4n) is 2.57. The number of anilines is 2. The van der Waals surface area contributed by atoms with Crippen molar-refractivity contribution in [2.45, 2.75) is 0 Å². The molecule has 0 atom stereocenters. The lowest BCUT2D eigenvalue weighted by Crippen LogP contribution is -1.94. The summed E-state index contributed by atoms with van der Waals surface area (Å²) in [7, 11) is 1.66. The molecule has 2 heterocycles. The van der Waals surface area contributed by atoms with Crippen LogP contribution >= 0.6 is 0 Å². The molecule has 1 N–H and O–H groups in total. The predicted octanol–water partition coefficient (Wildman–Crippen LogP) is 4.73. The molecule has 0 aliphatic heterocycles. The second-order valence-corrected chi connectivity index (χ2v) is 5.00. The maximum atomic E-state index is 5.47. The van der Waals surface area contributed by atoms with Crippen LogP contribution in [0, 0.1) is 0 Å². The molecular formula is C18H14N2O2. The van der Waals surface area contributed by atoms with Crippen LogP contribution in [0.15, 0.2) is 65.3 Å². The summed E-state index contributed by atoms with van der Waals surface area (Å²) < 4.78 is 10.7. The SMILES string of the molecule is COc1ccc(Nc2c3ccccc3nc3occc23)cc1. The Kier molecular flexibility index (Phi) is 2.93. The highest BCUT2D eigenvalue weighted by Crippen LogP contribution is 2.33. The first-order valence-corrected chi connectivity index (χ1v) is 7.02.